The minimum absolute atomic E-state index is 0.0415. The van der Waals surface area contributed by atoms with E-state index in [1.165, 1.54) is 18.2 Å². The third-order valence-corrected chi connectivity index (χ3v) is 4.38. The SMILES string of the molecule is O=C(OCC(=O)N1CCN(c2ccccc2)CC1)c1cccc(OC(F)F)c1. The van der Waals surface area contributed by atoms with Crippen LogP contribution in [0.4, 0.5) is 14.5 Å². The predicted molar refractivity (Wildman–Crippen MR) is 98.6 cm³/mol. The Balaban J connectivity index is 1.47. The number of hydrogen-bond donors (Lipinski definition) is 0. The first-order valence-corrected chi connectivity index (χ1v) is 8.83. The molecule has 148 valence electrons. The summed E-state index contributed by atoms with van der Waals surface area (Å²) >= 11 is 0. The maximum atomic E-state index is 12.3. The van der Waals surface area contributed by atoms with Gasteiger partial charge in [-0.1, -0.05) is 24.3 Å². The zero-order valence-corrected chi connectivity index (χ0v) is 15.1. The second-order valence-corrected chi connectivity index (χ2v) is 6.19. The number of ether oxygens (including phenoxy) is 2. The second-order valence-electron chi connectivity index (χ2n) is 6.19. The molecular formula is C20H20F2N2O4. The molecular weight excluding hydrogens is 370 g/mol. The topological polar surface area (TPSA) is 59.1 Å². The van der Waals surface area contributed by atoms with E-state index in [9.17, 15) is 18.4 Å². The Morgan fingerprint density at radius 2 is 1.68 bits per heavy atom. The molecule has 0 aliphatic carbocycles. The van der Waals surface area contributed by atoms with Crippen molar-refractivity contribution in [2.45, 2.75) is 6.61 Å². The van der Waals surface area contributed by atoms with E-state index in [-0.39, 0.29) is 17.2 Å². The Bertz CT molecular complexity index is 809. The number of nitrogens with zero attached hydrogens (tertiary/aromatic N) is 2. The zero-order chi connectivity index (χ0) is 19.9. The summed E-state index contributed by atoms with van der Waals surface area (Å²) in [6.45, 7) is -0.939. The van der Waals surface area contributed by atoms with Gasteiger partial charge in [-0.05, 0) is 30.3 Å². The average Bonchev–Trinajstić information content (AvgIpc) is 2.72. The highest BCUT2D eigenvalue weighted by molar-refractivity contribution is 5.91. The van der Waals surface area contributed by atoms with E-state index in [0.717, 1.165) is 11.8 Å². The molecule has 28 heavy (non-hydrogen) atoms. The van der Waals surface area contributed by atoms with Crippen LogP contribution in [0.1, 0.15) is 10.4 Å². The average molecular weight is 390 g/mol. The number of anilines is 1. The smallest absolute Gasteiger partial charge is 0.387 e. The summed E-state index contributed by atoms with van der Waals surface area (Å²) in [6, 6.07) is 15.2. The molecule has 1 amide bonds. The number of carbonyl (C=O) groups excluding carboxylic acids is 2. The number of alkyl halides is 2. The molecule has 0 aromatic heterocycles. The van der Waals surface area contributed by atoms with Crippen LogP contribution in [0, 0.1) is 0 Å². The summed E-state index contributed by atoms with van der Waals surface area (Å²) in [4.78, 5) is 28.2. The van der Waals surface area contributed by atoms with Crippen molar-refractivity contribution in [2.24, 2.45) is 0 Å². The Kier molecular flexibility index (Phi) is 6.41. The maximum Gasteiger partial charge on any atom is 0.387 e. The Morgan fingerprint density at radius 1 is 0.964 bits per heavy atom. The largest absolute Gasteiger partial charge is 0.452 e. The molecule has 0 N–H and O–H groups in total. The van der Waals surface area contributed by atoms with E-state index in [1.807, 2.05) is 30.3 Å². The van der Waals surface area contributed by atoms with Crippen molar-refractivity contribution < 1.29 is 27.8 Å². The summed E-state index contributed by atoms with van der Waals surface area (Å²) in [5.41, 5.74) is 1.15. The molecule has 0 saturated carbocycles. The van der Waals surface area contributed by atoms with Crippen LogP contribution in [-0.4, -0.2) is 56.2 Å². The quantitative estimate of drug-likeness (QED) is 0.710. The minimum Gasteiger partial charge on any atom is -0.452 e. The molecule has 2 aromatic rings. The molecule has 1 fully saturated rings. The first-order valence-electron chi connectivity index (χ1n) is 8.83. The van der Waals surface area contributed by atoms with Crippen LogP contribution in [0.5, 0.6) is 5.75 Å². The lowest BCUT2D eigenvalue weighted by atomic mass is 10.2. The normalized spacial score (nSPS) is 14.1. The standard InChI is InChI=1S/C20H20F2N2O4/c21-20(22)28-17-8-4-5-15(13-17)19(26)27-14-18(25)24-11-9-23(10-12-24)16-6-2-1-3-7-16/h1-8,13,20H,9-12,14H2. The summed E-state index contributed by atoms with van der Waals surface area (Å²) in [5.74, 6) is -1.20. The van der Waals surface area contributed by atoms with E-state index >= 15 is 0 Å². The second kappa shape index (κ2) is 9.16. The van der Waals surface area contributed by atoms with Gasteiger partial charge in [-0.3, -0.25) is 4.79 Å². The Morgan fingerprint density at radius 3 is 2.36 bits per heavy atom. The first kappa shape index (κ1) is 19.6. The number of para-hydroxylation sites is 1. The molecule has 1 heterocycles. The van der Waals surface area contributed by atoms with E-state index in [2.05, 4.69) is 9.64 Å². The third kappa shape index (κ3) is 5.18. The number of halogens is 2. The lowest BCUT2D eigenvalue weighted by molar-refractivity contribution is -0.134. The highest BCUT2D eigenvalue weighted by Crippen LogP contribution is 2.17. The van der Waals surface area contributed by atoms with Gasteiger partial charge in [0.05, 0.1) is 5.56 Å². The number of benzene rings is 2. The maximum absolute atomic E-state index is 12.3. The molecule has 0 spiro atoms. The number of rotatable bonds is 6. The zero-order valence-electron chi connectivity index (χ0n) is 15.1. The van der Waals surface area contributed by atoms with E-state index in [1.54, 1.807) is 4.90 Å². The molecule has 1 aliphatic heterocycles. The van der Waals surface area contributed by atoms with Crippen molar-refractivity contribution in [3.8, 4) is 5.75 Å². The predicted octanol–water partition coefficient (Wildman–Crippen LogP) is 2.79. The van der Waals surface area contributed by atoms with Gasteiger partial charge in [-0.25, -0.2) is 4.79 Å². The molecule has 0 unspecified atom stereocenters. The molecule has 1 saturated heterocycles. The van der Waals surface area contributed by atoms with Crippen molar-refractivity contribution >= 4 is 17.6 Å². The highest BCUT2D eigenvalue weighted by Gasteiger charge is 2.22. The molecule has 6 nitrogen and oxygen atoms in total. The first-order chi connectivity index (χ1) is 13.5. The summed E-state index contributed by atoms with van der Waals surface area (Å²) in [6.07, 6.45) is 0. The molecule has 3 rings (SSSR count). The summed E-state index contributed by atoms with van der Waals surface area (Å²) < 4.78 is 33.8. The van der Waals surface area contributed by atoms with Crippen LogP contribution in [0.25, 0.3) is 0 Å². The van der Waals surface area contributed by atoms with Gasteiger partial charge in [-0.15, -0.1) is 0 Å². The van der Waals surface area contributed by atoms with Crippen LogP contribution < -0.4 is 9.64 Å². The third-order valence-electron chi connectivity index (χ3n) is 4.38. The van der Waals surface area contributed by atoms with E-state index in [0.29, 0.717) is 26.2 Å². The molecule has 0 radical (unpaired) electrons. The van der Waals surface area contributed by atoms with Crippen LogP contribution >= 0.6 is 0 Å². The fourth-order valence-corrected chi connectivity index (χ4v) is 2.95. The summed E-state index contributed by atoms with van der Waals surface area (Å²) in [5, 5.41) is 0. The monoisotopic (exact) mass is 390 g/mol. The number of piperazine rings is 1. The van der Waals surface area contributed by atoms with Crippen molar-refractivity contribution in [1.82, 2.24) is 4.90 Å². The number of esters is 1. The highest BCUT2D eigenvalue weighted by atomic mass is 19.3. The van der Waals surface area contributed by atoms with Gasteiger partial charge in [0.15, 0.2) is 6.61 Å². The van der Waals surface area contributed by atoms with Gasteiger partial charge in [0, 0.05) is 31.9 Å². The van der Waals surface area contributed by atoms with Crippen LogP contribution in [0.2, 0.25) is 0 Å². The van der Waals surface area contributed by atoms with Crippen LogP contribution in [-0.2, 0) is 9.53 Å². The molecule has 0 atom stereocenters. The lowest BCUT2D eigenvalue weighted by Gasteiger charge is -2.36. The molecule has 8 heteroatoms. The van der Waals surface area contributed by atoms with Gasteiger partial charge < -0.3 is 19.3 Å². The number of carbonyl (C=O) groups is 2. The lowest BCUT2D eigenvalue weighted by Crippen LogP contribution is -2.49. The fourth-order valence-electron chi connectivity index (χ4n) is 2.95. The molecule has 1 aliphatic rings. The summed E-state index contributed by atoms with van der Waals surface area (Å²) in [7, 11) is 0. The van der Waals surface area contributed by atoms with E-state index < -0.39 is 19.2 Å². The number of amides is 1. The van der Waals surface area contributed by atoms with Gasteiger partial charge in [-0.2, -0.15) is 8.78 Å². The van der Waals surface area contributed by atoms with Gasteiger partial charge in [0.25, 0.3) is 5.91 Å². The minimum atomic E-state index is -2.98. The molecule has 0 bridgehead atoms. The van der Waals surface area contributed by atoms with Crippen molar-refractivity contribution in [3.63, 3.8) is 0 Å². The van der Waals surface area contributed by atoms with Crippen molar-refractivity contribution in [1.29, 1.82) is 0 Å². The van der Waals surface area contributed by atoms with Crippen LogP contribution in [0.3, 0.4) is 0 Å². The Labute approximate surface area is 161 Å². The van der Waals surface area contributed by atoms with Gasteiger partial charge >= 0.3 is 12.6 Å². The van der Waals surface area contributed by atoms with Gasteiger partial charge in [0.1, 0.15) is 5.75 Å². The van der Waals surface area contributed by atoms with Crippen LogP contribution in [0.15, 0.2) is 54.6 Å². The van der Waals surface area contributed by atoms with Crippen molar-refractivity contribution in [3.05, 3.63) is 60.2 Å². The van der Waals surface area contributed by atoms with Gasteiger partial charge in [0.2, 0.25) is 0 Å². The fraction of sp³-hybridized carbons (Fsp3) is 0.300. The molecule has 2 aromatic carbocycles. The van der Waals surface area contributed by atoms with E-state index in [4.69, 9.17) is 4.74 Å². The number of hydrogen-bond acceptors (Lipinski definition) is 5. The van der Waals surface area contributed by atoms with Crippen molar-refractivity contribution in [2.75, 3.05) is 37.7 Å². The Hall–Kier alpha value is -3.16.